The number of hydrogen-bond acceptors (Lipinski definition) is 2. The predicted molar refractivity (Wildman–Crippen MR) is 89.5 cm³/mol. The first kappa shape index (κ1) is 14.9. The van der Waals surface area contributed by atoms with Crippen molar-refractivity contribution >= 4 is 22.5 Å². The molecule has 2 amide bonds. The van der Waals surface area contributed by atoms with Crippen LogP contribution in [0.25, 0.3) is 10.8 Å². The van der Waals surface area contributed by atoms with E-state index in [-0.39, 0.29) is 6.03 Å². The number of anilines is 1. The van der Waals surface area contributed by atoms with Gasteiger partial charge in [0.1, 0.15) is 0 Å². The molecule has 0 aliphatic heterocycles. The van der Waals surface area contributed by atoms with Crippen LogP contribution in [0.1, 0.15) is 17.5 Å². The topological polar surface area (TPSA) is 41.6 Å². The molecule has 0 atom stereocenters. The molecule has 0 spiro atoms. The maximum absolute atomic E-state index is 12.3. The highest BCUT2D eigenvalue weighted by Crippen LogP contribution is 2.35. The van der Waals surface area contributed by atoms with Crippen LogP contribution in [0.3, 0.4) is 0 Å². The summed E-state index contributed by atoms with van der Waals surface area (Å²) >= 11 is 0. The highest BCUT2D eigenvalue weighted by atomic mass is 16.5. The molecule has 0 heterocycles. The van der Waals surface area contributed by atoms with Gasteiger partial charge in [0.15, 0.2) is 0 Å². The maximum Gasteiger partial charge on any atom is 0.321 e. The third-order valence-corrected chi connectivity index (χ3v) is 4.31. The van der Waals surface area contributed by atoms with Crippen LogP contribution < -0.4 is 5.32 Å². The molecule has 4 nitrogen and oxygen atoms in total. The normalized spacial score (nSPS) is 12.6. The van der Waals surface area contributed by atoms with Gasteiger partial charge in [-0.15, -0.1) is 0 Å². The van der Waals surface area contributed by atoms with E-state index in [1.165, 1.54) is 16.5 Å². The van der Waals surface area contributed by atoms with Crippen molar-refractivity contribution in [3.05, 3.63) is 41.5 Å². The minimum Gasteiger partial charge on any atom is -0.385 e. The Bertz CT molecular complexity index is 687. The molecule has 1 aliphatic rings. The number of nitrogens with one attached hydrogen (secondary N) is 1. The molecule has 0 aromatic heterocycles. The van der Waals surface area contributed by atoms with Crippen molar-refractivity contribution in [2.75, 3.05) is 32.6 Å². The number of hydrogen-bond donors (Lipinski definition) is 1. The molecule has 3 rings (SSSR count). The minimum absolute atomic E-state index is 0.0743. The lowest BCUT2D eigenvalue weighted by atomic mass is 10.0. The van der Waals surface area contributed by atoms with Crippen molar-refractivity contribution in [1.29, 1.82) is 0 Å². The van der Waals surface area contributed by atoms with Gasteiger partial charge in [-0.25, -0.2) is 4.79 Å². The second-order valence-corrected chi connectivity index (χ2v) is 5.81. The van der Waals surface area contributed by atoms with E-state index in [0.717, 1.165) is 30.3 Å². The molecule has 116 valence electrons. The summed E-state index contributed by atoms with van der Waals surface area (Å²) in [6.45, 7) is 1.35. The van der Waals surface area contributed by atoms with Gasteiger partial charge < -0.3 is 15.0 Å². The number of nitrogens with zero attached hydrogens (tertiary/aromatic N) is 1. The molecule has 0 saturated carbocycles. The van der Waals surface area contributed by atoms with E-state index in [1.807, 2.05) is 13.1 Å². The quantitative estimate of drug-likeness (QED) is 0.859. The summed E-state index contributed by atoms with van der Waals surface area (Å²) in [4.78, 5) is 14.0. The first-order valence-electron chi connectivity index (χ1n) is 7.75. The van der Waals surface area contributed by atoms with E-state index >= 15 is 0 Å². The SMILES string of the molecule is COCCCN(C)C(=O)Nc1ccc2c3c(cccc13)CC2. The van der Waals surface area contributed by atoms with Gasteiger partial charge >= 0.3 is 6.03 Å². The number of benzene rings is 2. The van der Waals surface area contributed by atoms with Gasteiger partial charge in [-0.3, -0.25) is 0 Å². The number of carbonyl (C=O) groups excluding carboxylic acids is 1. The lowest BCUT2D eigenvalue weighted by Gasteiger charge is -2.19. The second kappa shape index (κ2) is 6.36. The number of amides is 2. The van der Waals surface area contributed by atoms with Crippen LogP contribution in [0, 0.1) is 0 Å². The smallest absolute Gasteiger partial charge is 0.321 e. The van der Waals surface area contributed by atoms with Crippen LogP contribution in [0.4, 0.5) is 10.5 Å². The summed E-state index contributed by atoms with van der Waals surface area (Å²) in [5.41, 5.74) is 3.67. The maximum atomic E-state index is 12.3. The Balaban J connectivity index is 1.79. The first-order chi connectivity index (χ1) is 10.7. The van der Waals surface area contributed by atoms with Crippen LogP contribution in [-0.4, -0.2) is 38.2 Å². The van der Waals surface area contributed by atoms with Crippen molar-refractivity contribution in [2.24, 2.45) is 0 Å². The Morgan fingerprint density at radius 1 is 1.23 bits per heavy atom. The fourth-order valence-electron chi connectivity index (χ4n) is 3.11. The lowest BCUT2D eigenvalue weighted by molar-refractivity contribution is 0.179. The Morgan fingerprint density at radius 3 is 2.77 bits per heavy atom. The van der Waals surface area contributed by atoms with Crippen molar-refractivity contribution in [3.63, 3.8) is 0 Å². The van der Waals surface area contributed by atoms with Gasteiger partial charge in [0, 0.05) is 32.7 Å². The fourth-order valence-corrected chi connectivity index (χ4v) is 3.11. The van der Waals surface area contributed by atoms with E-state index in [4.69, 9.17) is 4.74 Å². The van der Waals surface area contributed by atoms with E-state index in [2.05, 4.69) is 29.6 Å². The molecule has 22 heavy (non-hydrogen) atoms. The molecule has 0 radical (unpaired) electrons. The summed E-state index contributed by atoms with van der Waals surface area (Å²) in [6.07, 6.45) is 3.03. The molecule has 0 unspecified atom stereocenters. The van der Waals surface area contributed by atoms with Gasteiger partial charge in [0.05, 0.1) is 5.69 Å². The van der Waals surface area contributed by atoms with Crippen LogP contribution in [0.15, 0.2) is 30.3 Å². The zero-order valence-electron chi connectivity index (χ0n) is 13.2. The molecule has 2 aromatic rings. The van der Waals surface area contributed by atoms with Gasteiger partial charge in [-0.1, -0.05) is 24.3 Å². The first-order valence-corrected chi connectivity index (χ1v) is 7.75. The van der Waals surface area contributed by atoms with Gasteiger partial charge in [0.25, 0.3) is 0 Å². The zero-order valence-corrected chi connectivity index (χ0v) is 13.2. The molecule has 0 bridgehead atoms. The number of rotatable bonds is 5. The van der Waals surface area contributed by atoms with Crippen LogP contribution in [-0.2, 0) is 17.6 Å². The van der Waals surface area contributed by atoms with Crippen LogP contribution in [0.5, 0.6) is 0 Å². The Hall–Kier alpha value is -2.07. The van der Waals surface area contributed by atoms with E-state index < -0.39 is 0 Å². The monoisotopic (exact) mass is 298 g/mol. The number of urea groups is 1. The summed E-state index contributed by atoms with van der Waals surface area (Å²) in [7, 11) is 3.48. The Kier molecular flexibility index (Phi) is 4.29. The molecule has 2 aromatic carbocycles. The average molecular weight is 298 g/mol. The molecular formula is C18H22N2O2. The summed E-state index contributed by atoms with van der Waals surface area (Å²) < 4.78 is 5.02. The third kappa shape index (κ3) is 2.79. The summed E-state index contributed by atoms with van der Waals surface area (Å²) in [5.74, 6) is 0. The fraction of sp³-hybridized carbons (Fsp3) is 0.389. The van der Waals surface area contributed by atoms with Crippen molar-refractivity contribution in [3.8, 4) is 0 Å². The van der Waals surface area contributed by atoms with Gasteiger partial charge in [-0.2, -0.15) is 0 Å². The van der Waals surface area contributed by atoms with Crippen molar-refractivity contribution < 1.29 is 9.53 Å². The standard InChI is InChI=1S/C18H22N2O2/c1-20(11-4-12-22-2)18(21)19-16-10-9-14-8-7-13-5-3-6-15(16)17(13)14/h3,5-6,9-10H,4,7-8,11-12H2,1-2H3,(H,19,21). The van der Waals surface area contributed by atoms with E-state index in [1.54, 1.807) is 12.0 Å². The van der Waals surface area contributed by atoms with E-state index in [0.29, 0.717) is 13.2 Å². The Morgan fingerprint density at radius 2 is 2.00 bits per heavy atom. The third-order valence-electron chi connectivity index (χ3n) is 4.31. The highest BCUT2D eigenvalue weighted by Gasteiger charge is 2.17. The largest absolute Gasteiger partial charge is 0.385 e. The van der Waals surface area contributed by atoms with Crippen molar-refractivity contribution in [2.45, 2.75) is 19.3 Å². The summed E-state index contributed by atoms with van der Waals surface area (Å²) in [6, 6.07) is 10.4. The second-order valence-electron chi connectivity index (χ2n) is 5.81. The predicted octanol–water partition coefficient (Wildman–Crippen LogP) is 3.44. The molecule has 4 heteroatoms. The zero-order chi connectivity index (χ0) is 15.5. The number of carbonyl (C=O) groups is 1. The molecular weight excluding hydrogens is 276 g/mol. The van der Waals surface area contributed by atoms with Crippen LogP contribution in [0.2, 0.25) is 0 Å². The van der Waals surface area contributed by atoms with E-state index in [9.17, 15) is 4.79 Å². The minimum atomic E-state index is -0.0743. The Labute approximate surface area is 131 Å². The number of aryl methyl sites for hydroxylation is 2. The number of methoxy groups -OCH3 is 1. The molecule has 0 fully saturated rings. The molecule has 1 aliphatic carbocycles. The molecule has 0 saturated heterocycles. The van der Waals surface area contributed by atoms with Gasteiger partial charge in [-0.05, 0) is 41.8 Å². The lowest BCUT2D eigenvalue weighted by Crippen LogP contribution is -2.32. The van der Waals surface area contributed by atoms with Gasteiger partial charge in [0.2, 0.25) is 0 Å². The highest BCUT2D eigenvalue weighted by molar-refractivity contribution is 6.04. The summed E-state index contributed by atoms with van der Waals surface area (Å²) in [5, 5.41) is 5.51. The van der Waals surface area contributed by atoms with Crippen molar-refractivity contribution in [1.82, 2.24) is 4.90 Å². The average Bonchev–Trinajstić information content (AvgIpc) is 2.95. The van der Waals surface area contributed by atoms with Crippen LogP contribution >= 0.6 is 0 Å². The molecule has 1 N–H and O–H groups in total. The number of ether oxygens (including phenoxy) is 1.